The van der Waals surface area contributed by atoms with Crippen LogP contribution in [0.4, 0.5) is 0 Å². The van der Waals surface area contributed by atoms with Gasteiger partial charge < -0.3 is 15.8 Å². The van der Waals surface area contributed by atoms with Crippen LogP contribution in [-0.2, 0) is 9.59 Å². The Balaban J connectivity index is 1.95. The quantitative estimate of drug-likeness (QED) is 0.841. The Morgan fingerprint density at radius 1 is 1.00 bits per heavy atom. The monoisotopic (exact) mass is 284 g/mol. The number of carbonyl (C=O) groups excluding carboxylic acids is 2. The molecular weight excluding hydrogens is 268 g/mol. The molecule has 0 aliphatic heterocycles. The zero-order valence-electron chi connectivity index (χ0n) is 11.4. The molecule has 2 amide bonds. The van der Waals surface area contributed by atoms with Crippen molar-refractivity contribution >= 4 is 11.8 Å². The lowest BCUT2D eigenvalue weighted by Gasteiger charge is -2.16. The fourth-order valence-electron chi connectivity index (χ4n) is 1.83. The Morgan fingerprint density at radius 3 is 2.14 bits per heavy atom. The summed E-state index contributed by atoms with van der Waals surface area (Å²) in [6, 6.07) is 16.9. The average molecular weight is 284 g/mol. The molecule has 2 aromatic carbocycles. The molecule has 3 N–H and O–H groups in total. The molecule has 21 heavy (non-hydrogen) atoms. The number of nitrogens with two attached hydrogens (primary N) is 1. The number of primary amides is 1. The van der Waals surface area contributed by atoms with Gasteiger partial charge in [-0.05, 0) is 17.7 Å². The molecule has 1 unspecified atom stereocenters. The van der Waals surface area contributed by atoms with Gasteiger partial charge in [-0.2, -0.15) is 0 Å². The summed E-state index contributed by atoms with van der Waals surface area (Å²) in [5, 5.41) is 2.56. The van der Waals surface area contributed by atoms with Crippen molar-refractivity contribution in [2.75, 3.05) is 6.61 Å². The van der Waals surface area contributed by atoms with Crippen molar-refractivity contribution in [3.8, 4) is 5.75 Å². The predicted molar refractivity (Wildman–Crippen MR) is 78.5 cm³/mol. The molecule has 0 radical (unpaired) electrons. The van der Waals surface area contributed by atoms with Crippen molar-refractivity contribution in [2.24, 2.45) is 5.73 Å². The van der Waals surface area contributed by atoms with Crippen LogP contribution >= 0.6 is 0 Å². The molecule has 108 valence electrons. The van der Waals surface area contributed by atoms with Crippen LogP contribution in [0.5, 0.6) is 5.75 Å². The van der Waals surface area contributed by atoms with E-state index in [1.54, 1.807) is 36.4 Å². The van der Waals surface area contributed by atoms with Crippen LogP contribution in [0.1, 0.15) is 11.6 Å². The number of ether oxygens (including phenoxy) is 1. The highest BCUT2D eigenvalue weighted by atomic mass is 16.5. The number of hydrogen-bond donors (Lipinski definition) is 2. The van der Waals surface area contributed by atoms with E-state index in [0.717, 1.165) is 0 Å². The number of para-hydroxylation sites is 1. The maximum Gasteiger partial charge on any atom is 0.258 e. The molecule has 0 bridgehead atoms. The van der Waals surface area contributed by atoms with Gasteiger partial charge in [0.1, 0.15) is 11.8 Å². The van der Waals surface area contributed by atoms with E-state index in [-0.39, 0.29) is 6.61 Å². The van der Waals surface area contributed by atoms with Crippen LogP contribution < -0.4 is 15.8 Å². The summed E-state index contributed by atoms with van der Waals surface area (Å²) in [6.45, 7) is -0.180. The highest BCUT2D eigenvalue weighted by Crippen LogP contribution is 2.12. The van der Waals surface area contributed by atoms with Gasteiger partial charge >= 0.3 is 0 Å². The molecular formula is C16H16N2O3. The highest BCUT2D eigenvalue weighted by Gasteiger charge is 2.19. The normalized spacial score (nSPS) is 11.4. The van der Waals surface area contributed by atoms with Crippen molar-refractivity contribution in [3.63, 3.8) is 0 Å². The average Bonchev–Trinajstić information content (AvgIpc) is 2.52. The second-order valence-corrected chi connectivity index (χ2v) is 4.42. The number of nitrogens with one attached hydrogen (secondary N) is 1. The van der Waals surface area contributed by atoms with Gasteiger partial charge in [0.05, 0.1) is 0 Å². The molecule has 0 aliphatic carbocycles. The molecule has 5 nitrogen and oxygen atoms in total. The maximum absolute atomic E-state index is 11.9. The van der Waals surface area contributed by atoms with Gasteiger partial charge in [-0.25, -0.2) is 0 Å². The first-order valence-corrected chi connectivity index (χ1v) is 6.48. The van der Waals surface area contributed by atoms with E-state index in [9.17, 15) is 9.59 Å². The number of benzene rings is 2. The number of carbonyl (C=O) groups is 2. The second kappa shape index (κ2) is 7.09. The molecule has 5 heteroatoms. The summed E-state index contributed by atoms with van der Waals surface area (Å²) < 4.78 is 5.32. The zero-order valence-corrected chi connectivity index (χ0v) is 11.4. The molecule has 1 atom stereocenters. The lowest BCUT2D eigenvalue weighted by atomic mass is 10.1. The fraction of sp³-hybridized carbons (Fsp3) is 0.125. The van der Waals surface area contributed by atoms with Gasteiger partial charge in [0, 0.05) is 0 Å². The topological polar surface area (TPSA) is 81.4 Å². The molecule has 0 aromatic heterocycles. The van der Waals surface area contributed by atoms with E-state index in [1.807, 2.05) is 24.3 Å². The van der Waals surface area contributed by atoms with E-state index in [0.29, 0.717) is 11.3 Å². The van der Waals surface area contributed by atoms with Crippen LogP contribution in [0.25, 0.3) is 0 Å². The summed E-state index contributed by atoms with van der Waals surface area (Å²) in [5.41, 5.74) is 5.97. The zero-order chi connectivity index (χ0) is 15.1. The molecule has 0 spiro atoms. The van der Waals surface area contributed by atoms with Crippen LogP contribution in [0.3, 0.4) is 0 Å². The lowest BCUT2D eigenvalue weighted by Crippen LogP contribution is -2.39. The van der Waals surface area contributed by atoms with Crippen LogP contribution in [0, 0.1) is 0 Å². The van der Waals surface area contributed by atoms with Gasteiger partial charge in [0.25, 0.3) is 5.91 Å². The third-order valence-electron chi connectivity index (χ3n) is 2.84. The van der Waals surface area contributed by atoms with E-state index in [1.165, 1.54) is 0 Å². The van der Waals surface area contributed by atoms with Gasteiger partial charge in [-0.1, -0.05) is 48.5 Å². The summed E-state index contributed by atoms with van der Waals surface area (Å²) in [6.07, 6.45) is 0. The van der Waals surface area contributed by atoms with Gasteiger partial charge in [-0.3, -0.25) is 9.59 Å². The predicted octanol–water partition coefficient (Wildman–Crippen LogP) is 1.41. The Bertz CT molecular complexity index is 599. The highest BCUT2D eigenvalue weighted by molar-refractivity contribution is 5.88. The largest absolute Gasteiger partial charge is 0.484 e. The van der Waals surface area contributed by atoms with Crippen molar-refractivity contribution in [2.45, 2.75) is 6.04 Å². The van der Waals surface area contributed by atoms with Crippen LogP contribution in [-0.4, -0.2) is 18.4 Å². The Morgan fingerprint density at radius 2 is 1.57 bits per heavy atom. The summed E-state index contributed by atoms with van der Waals surface area (Å²) in [5.74, 6) is -0.441. The van der Waals surface area contributed by atoms with E-state index >= 15 is 0 Å². The smallest absolute Gasteiger partial charge is 0.258 e. The van der Waals surface area contributed by atoms with E-state index in [2.05, 4.69) is 5.32 Å². The Kier molecular flexibility index (Phi) is 4.93. The minimum atomic E-state index is -0.863. The number of hydrogen-bond acceptors (Lipinski definition) is 3. The number of amides is 2. The molecule has 2 rings (SSSR count). The lowest BCUT2D eigenvalue weighted by molar-refractivity contribution is -0.128. The maximum atomic E-state index is 11.9. The first-order chi connectivity index (χ1) is 10.2. The molecule has 0 aliphatic rings. The Labute approximate surface area is 122 Å². The van der Waals surface area contributed by atoms with Gasteiger partial charge in [0.15, 0.2) is 6.61 Å². The van der Waals surface area contributed by atoms with Crippen LogP contribution in [0.15, 0.2) is 60.7 Å². The standard InChI is InChI=1S/C16H16N2O3/c17-16(20)15(12-7-3-1-4-8-12)18-14(19)11-21-13-9-5-2-6-10-13/h1-10,15H,11H2,(H2,17,20)(H,18,19). The van der Waals surface area contributed by atoms with E-state index in [4.69, 9.17) is 10.5 Å². The van der Waals surface area contributed by atoms with Gasteiger partial charge in [0.2, 0.25) is 5.91 Å². The van der Waals surface area contributed by atoms with Crippen molar-refractivity contribution in [1.82, 2.24) is 5.32 Å². The van der Waals surface area contributed by atoms with Gasteiger partial charge in [-0.15, -0.1) is 0 Å². The third-order valence-corrected chi connectivity index (χ3v) is 2.84. The summed E-state index contributed by atoms with van der Waals surface area (Å²) in [7, 11) is 0. The number of rotatable bonds is 6. The minimum absolute atomic E-state index is 0.180. The second-order valence-electron chi connectivity index (χ2n) is 4.42. The third kappa shape index (κ3) is 4.35. The molecule has 2 aromatic rings. The molecule has 0 saturated heterocycles. The first kappa shape index (κ1) is 14.6. The molecule has 0 heterocycles. The van der Waals surface area contributed by atoms with Crippen molar-refractivity contribution in [1.29, 1.82) is 0 Å². The van der Waals surface area contributed by atoms with Crippen molar-refractivity contribution < 1.29 is 14.3 Å². The van der Waals surface area contributed by atoms with E-state index < -0.39 is 17.9 Å². The fourth-order valence-corrected chi connectivity index (χ4v) is 1.83. The first-order valence-electron chi connectivity index (χ1n) is 6.48. The minimum Gasteiger partial charge on any atom is -0.484 e. The Hall–Kier alpha value is -2.82. The summed E-state index contributed by atoms with van der Waals surface area (Å²) >= 11 is 0. The van der Waals surface area contributed by atoms with Crippen molar-refractivity contribution in [3.05, 3.63) is 66.2 Å². The molecule has 0 saturated carbocycles. The molecule has 0 fully saturated rings. The van der Waals surface area contributed by atoms with Crippen LogP contribution in [0.2, 0.25) is 0 Å². The SMILES string of the molecule is NC(=O)C(NC(=O)COc1ccccc1)c1ccccc1. The summed E-state index contributed by atoms with van der Waals surface area (Å²) in [4.78, 5) is 23.3.